The number of rotatable bonds is 7. The van der Waals surface area contributed by atoms with Crippen LogP contribution in [-0.2, 0) is 14.3 Å². The fourth-order valence-electron chi connectivity index (χ4n) is 2.37. The van der Waals surface area contributed by atoms with Gasteiger partial charge in [0.1, 0.15) is 5.25 Å². The van der Waals surface area contributed by atoms with Crippen LogP contribution in [0.25, 0.3) is 0 Å². The van der Waals surface area contributed by atoms with E-state index in [1.165, 1.54) is 11.8 Å². The molecule has 130 valence electrons. The van der Waals surface area contributed by atoms with Crippen LogP contribution >= 0.6 is 11.8 Å². The highest BCUT2D eigenvalue weighted by atomic mass is 32.2. The minimum absolute atomic E-state index is 0.216. The Hall–Kier alpha value is -2.27. The fraction of sp³-hybridized carbons (Fsp3) is 0.300. The molecule has 1 amide bonds. The van der Waals surface area contributed by atoms with Crippen molar-refractivity contribution in [3.05, 3.63) is 66.2 Å². The summed E-state index contributed by atoms with van der Waals surface area (Å²) in [5.74, 6) is -0.646. The molecule has 0 saturated heterocycles. The Kier molecular flexibility index (Phi) is 5.76. The Labute approximate surface area is 152 Å². The Morgan fingerprint density at radius 1 is 1.04 bits per heavy atom. The summed E-state index contributed by atoms with van der Waals surface area (Å²) < 4.78 is 5.59. The number of nitrogens with one attached hydrogen (secondary N) is 1. The topological polar surface area (TPSA) is 55.4 Å². The SMILES string of the molecule is CC(Sc1ccccc1)C(=O)OC(C(=O)NC1CC1)c1ccccc1. The van der Waals surface area contributed by atoms with Crippen LogP contribution in [0.3, 0.4) is 0 Å². The third-order valence-electron chi connectivity index (χ3n) is 3.89. The van der Waals surface area contributed by atoms with E-state index in [2.05, 4.69) is 5.32 Å². The number of carbonyl (C=O) groups is 2. The average Bonchev–Trinajstić information content (AvgIpc) is 3.45. The van der Waals surface area contributed by atoms with E-state index in [1.807, 2.05) is 48.5 Å². The van der Waals surface area contributed by atoms with E-state index in [0.29, 0.717) is 5.56 Å². The maximum atomic E-state index is 12.5. The summed E-state index contributed by atoms with van der Waals surface area (Å²) in [7, 11) is 0. The molecule has 0 aliphatic heterocycles. The zero-order valence-electron chi connectivity index (χ0n) is 14.1. The number of hydrogen-bond acceptors (Lipinski definition) is 4. The molecule has 1 N–H and O–H groups in total. The van der Waals surface area contributed by atoms with Crippen LogP contribution in [0.2, 0.25) is 0 Å². The molecule has 0 spiro atoms. The monoisotopic (exact) mass is 355 g/mol. The van der Waals surface area contributed by atoms with Crippen molar-refractivity contribution in [2.24, 2.45) is 0 Å². The summed E-state index contributed by atoms with van der Waals surface area (Å²) in [6, 6.07) is 19.0. The highest BCUT2D eigenvalue weighted by Gasteiger charge is 2.32. The lowest BCUT2D eigenvalue weighted by molar-refractivity contribution is -0.155. The minimum Gasteiger partial charge on any atom is -0.446 e. The summed E-state index contributed by atoms with van der Waals surface area (Å²) in [4.78, 5) is 26.0. The Morgan fingerprint density at radius 3 is 2.24 bits per heavy atom. The zero-order chi connectivity index (χ0) is 17.6. The van der Waals surface area contributed by atoms with Gasteiger partial charge in [0.2, 0.25) is 6.10 Å². The average molecular weight is 355 g/mol. The lowest BCUT2D eigenvalue weighted by atomic mass is 10.1. The quantitative estimate of drug-likeness (QED) is 0.607. The highest BCUT2D eigenvalue weighted by Crippen LogP contribution is 2.27. The molecule has 25 heavy (non-hydrogen) atoms. The van der Waals surface area contributed by atoms with E-state index in [0.717, 1.165) is 17.7 Å². The first-order valence-electron chi connectivity index (χ1n) is 8.41. The maximum Gasteiger partial charge on any atom is 0.320 e. The van der Waals surface area contributed by atoms with Crippen LogP contribution in [0.15, 0.2) is 65.6 Å². The lowest BCUT2D eigenvalue weighted by Crippen LogP contribution is -2.34. The number of amides is 1. The van der Waals surface area contributed by atoms with Gasteiger partial charge >= 0.3 is 5.97 Å². The summed E-state index contributed by atoms with van der Waals surface area (Å²) in [6.07, 6.45) is 1.07. The third kappa shape index (κ3) is 5.10. The van der Waals surface area contributed by atoms with Crippen molar-refractivity contribution in [3.8, 4) is 0 Å². The van der Waals surface area contributed by atoms with Crippen LogP contribution in [0.1, 0.15) is 31.4 Å². The molecule has 1 saturated carbocycles. The van der Waals surface area contributed by atoms with Gasteiger partial charge in [0.15, 0.2) is 0 Å². The molecule has 0 aromatic heterocycles. The van der Waals surface area contributed by atoms with Gasteiger partial charge in [0, 0.05) is 16.5 Å². The van der Waals surface area contributed by atoms with Crippen molar-refractivity contribution in [2.75, 3.05) is 0 Å². The smallest absolute Gasteiger partial charge is 0.320 e. The van der Waals surface area contributed by atoms with Crippen molar-refractivity contribution in [1.82, 2.24) is 5.32 Å². The normalized spacial score (nSPS) is 15.9. The second kappa shape index (κ2) is 8.21. The molecule has 1 aliphatic carbocycles. The van der Waals surface area contributed by atoms with Crippen molar-refractivity contribution in [1.29, 1.82) is 0 Å². The van der Waals surface area contributed by atoms with E-state index in [9.17, 15) is 9.59 Å². The van der Waals surface area contributed by atoms with Gasteiger partial charge in [-0.25, -0.2) is 0 Å². The van der Waals surface area contributed by atoms with Crippen LogP contribution < -0.4 is 5.32 Å². The van der Waals surface area contributed by atoms with Crippen molar-refractivity contribution in [3.63, 3.8) is 0 Å². The summed E-state index contributed by atoms with van der Waals surface area (Å²) in [5.41, 5.74) is 0.686. The largest absolute Gasteiger partial charge is 0.446 e. The first kappa shape index (κ1) is 17.5. The van der Waals surface area contributed by atoms with E-state index >= 15 is 0 Å². The molecule has 0 bridgehead atoms. The molecule has 1 fully saturated rings. The molecule has 0 heterocycles. The first-order valence-corrected chi connectivity index (χ1v) is 9.29. The molecule has 2 aromatic rings. The third-order valence-corrected chi connectivity index (χ3v) is 4.98. The van der Waals surface area contributed by atoms with Gasteiger partial charge in [-0.15, -0.1) is 11.8 Å². The predicted octanol–water partition coefficient (Wildman–Crippen LogP) is 3.73. The molecular formula is C20H21NO3S. The Bertz CT molecular complexity index is 716. The Morgan fingerprint density at radius 2 is 1.64 bits per heavy atom. The molecule has 3 rings (SSSR count). The number of ether oxygens (including phenoxy) is 1. The molecule has 1 aliphatic rings. The van der Waals surface area contributed by atoms with Gasteiger partial charge in [-0.2, -0.15) is 0 Å². The second-order valence-corrected chi connectivity index (χ2v) is 7.50. The maximum absolute atomic E-state index is 12.5. The van der Waals surface area contributed by atoms with Crippen molar-refractivity contribution < 1.29 is 14.3 Å². The van der Waals surface area contributed by atoms with Crippen LogP contribution in [-0.4, -0.2) is 23.2 Å². The van der Waals surface area contributed by atoms with Crippen molar-refractivity contribution >= 4 is 23.6 Å². The number of carbonyl (C=O) groups excluding carboxylic acids is 2. The summed E-state index contributed by atoms with van der Waals surface area (Å²) in [6.45, 7) is 1.79. The highest BCUT2D eigenvalue weighted by molar-refractivity contribution is 8.00. The van der Waals surface area contributed by atoms with Crippen LogP contribution in [0.4, 0.5) is 0 Å². The van der Waals surface area contributed by atoms with E-state index in [-0.39, 0.29) is 11.9 Å². The molecule has 2 unspecified atom stereocenters. The standard InChI is InChI=1S/C20H21NO3S/c1-14(25-17-10-6-3-7-11-17)20(23)24-18(15-8-4-2-5-9-15)19(22)21-16-12-13-16/h2-11,14,16,18H,12-13H2,1H3,(H,21,22). The van der Waals surface area contributed by atoms with Crippen LogP contribution in [0, 0.1) is 0 Å². The summed E-state index contributed by atoms with van der Waals surface area (Å²) in [5, 5.41) is 2.52. The number of esters is 1. The number of thioether (sulfide) groups is 1. The van der Waals surface area contributed by atoms with Gasteiger partial charge in [0.05, 0.1) is 0 Å². The summed E-state index contributed by atoms with van der Waals surface area (Å²) >= 11 is 1.42. The zero-order valence-corrected chi connectivity index (χ0v) is 14.9. The second-order valence-electron chi connectivity index (χ2n) is 6.08. The van der Waals surface area contributed by atoms with Gasteiger partial charge in [-0.3, -0.25) is 9.59 Å². The van der Waals surface area contributed by atoms with E-state index < -0.39 is 17.3 Å². The fourth-order valence-corrected chi connectivity index (χ4v) is 3.24. The van der Waals surface area contributed by atoms with Gasteiger partial charge in [-0.1, -0.05) is 48.5 Å². The molecular weight excluding hydrogens is 334 g/mol. The van der Waals surface area contributed by atoms with Gasteiger partial charge in [0.25, 0.3) is 5.91 Å². The lowest BCUT2D eigenvalue weighted by Gasteiger charge is -2.20. The van der Waals surface area contributed by atoms with Crippen molar-refractivity contribution in [2.45, 2.75) is 42.1 Å². The van der Waals surface area contributed by atoms with Gasteiger partial charge in [-0.05, 0) is 31.9 Å². The van der Waals surface area contributed by atoms with E-state index in [4.69, 9.17) is 4.74 Å². The molecule has 5 heteroatoms. The predicted molar refractivity (Wildman–Crippen MR) is 98.2 cm³/mol. The Balaban J connectivity index is 1.68. The molecule has 2 atom stereocenters. The minimum atomic E-state index is -0.909. The number of hydrogen-bond donors (Lipinski definition) is 1. The van der Waals surface area contributed by atoms with Crippen LogP contribution in [0.5, 0.6) is 0 Å². The number of benzene rings is 2. The van der Waals surface area contributed by atoms with Gasteiger partial charge < -0.3 is 10.1 Å². The van der Waals surface area contributed by atoms with E-state index in [1.54, 1.807) is 19.1 Å². The molecule has 0 radical (unpaired) electrons. The first-order chi connectivity index (χ1) is 12.1. The molecule has 4 nitrogen and oxygen atoms in total. The molecule has 2 aromatic carbocycles.